The summed E-state index contributed by atoms with van der Waals surface area (Å²) < 4.78 is 0. The number of hydrogen-bond donors (Lipinski definition) is 1. The van der Waals surface area contributed by atoms with E-state index in [1.807, 2.05) is 30.3 Å². The normalized spacial score (nSPS) is 15.2. The molecule has 0 radical (unpaired) electrons. The van der Waals surface area contributed by atoms with Gasteiger partial charge in [0, 0.05) is 11.9 Å². The van der Waals surface area contributed by atoms with E-state index in [2.05, 4.69) is 0 Å². The van der Waals surface area contributed by atoms with Gasteiger partial charge in [-0.2, -0.15) is 0 Å². The first-order chi connectivity index (χ1) is 11.0. The standard InChI is InChI=1S/C18H23N3OS.2ClH/c1-18(19,13-8-4-3-5-9-13)17(22)21(2)12-16-20-14-10-6-7-11-15(14)23-16;;/h3-5,8-9H,6-7,10-12,19H2,1-2H3;2*1H. The predicted octanol–water partition coefficient (Wildman–Crippen LogP) is 3.70. The van der Waals surface area contributed by atoms with Gasteiger partial charge in [-0.05, 0) is 38.2 Å². The topological polar surface area (TPSA) is 59.2 Å². The summed E-state index contributed by atoms with van der Waals surface area (Å²) in [7, 11) is 1.80. The van der Waals surface area contributed by atoms with Gasteiger partial charge in [0.1, 0.15) is 10.5 Å². The van der Waals surface area contributed by atoms with Crippen LogP contribution in [0, 0.1) is 0 Å². The number of hydrogen-bond acceptors (Lipinski definition) is 4. The molecule has 1 heterocycles. The third-order valence-electron chi connectivity index (χ3n) is 4.43. The molecule has 138 valence electrons. The monoisotopic (exact) mass is 401 g/mol. The lowest BCUT2D eigenvalue weighted by Gasteiger charge is -2.29. The average Bonchev–Trinajstić information content (AvgIpc) is 2.97. The number of aryl methyl sites for hydroxylation is 2. The van der Waals surface area contributed by atoms with Crippen LogP contribution in [0.5, 0.6) is 0 Å². The van der Waals surface area contributed by atoms with Gasteiger partial charge in [0.05, 0.1) is 12.2 Å². The van der Waals surface area contributed by atoms with Gasteiger partial charge in [0.2, 0.25) is 5.91 Å². The summed E-state index contributed by atoms with van der Waals surface area (Å²) in [6, 6.07) is 9.53. The van der Waals surface area contributed by atoms with E-state index in [9.17, 15) is 4.79 Å². The largest absolute Gasteiger partial charge is 0.337 e. The van der Waals surface area contributed by atoms with Crippen LogP contribution in [0.4, 0.5) is 0 Å². The first-order valence-corrected chi connectivity index (χ1v) is 8.87. The molecule has 0 bridgehead atoms. The molecule has 1 aromatic heterocycles. The number of carbonyl (C=O) groups is 1. The van der Waals surface area contributed by atoms with Crippen molar-refractivity contribution in [3.05, 3.63) is 51.5 Å². The number of aromatic nitrogens is 1. The quantitative estimate of drug-likeness (QED) is 0.849. The van der Waals surface area contributed by atoms with Crippen molar-refractivity contribution in [2.24, 2.45) is 5.73 Å². The van der Waals surface area contributed by atoms with Gasteiger partial charge in [-0.25, -0.2) is 4.98 Å². The van der Waals surface area contributed by atoms with Crippen molar-refractivity contribution < 1.29 is 4.79 Å². The van der Waals surface area contributed by atoms with E-state index in [0.29, 0.717) is 6.54 Å². The number of nitrogens with two attached hydrogens (primary N) is 1. The second kappa shape index (κ2) is 8.99. The molecule has 1 unspecified atom stereocenters. The average molecular weight is 402 g/mol. The Morgan fingerprint density at radius 1 is 1.24 bits per heavy atom. The lowest BCUT2D eigenvalue weighted by atomic mass is 9.92. The molecule has 3 rings (SSSR count). The highest BCUT2D eigenvalue weighted by Gasteiger charge is 2.33. The van der Waals surface area contributed by atoms with E-state index in [1.54, 1.807) is 30.2 Å². The molecule has 1 aliphatic carbocycles. The molecule has 25 heavy (non-hydrogen) atoms. The van der Waals surface area contributed by atoms with Crippen LogP contribution in [-0.4, -0.2) is 22.8 Å². The fourth-order valence-corrected chi connectivity index (χ4v) is 4.26. The van der Waals surface area contributed by atoms with E-state index < -0.39 is 5.54 Å². The summed E-state index contributed by atoms with van der Waals surface area (Å²) in [6.45, 7) is 2.30. The molecule has 2 aromatic rings. The van der Waals surface area contributed by atoms with Crippen LogP contribution >= 0.6 is 36.2 Å². The fourth-order valence-electron chi connectivity index (χ4n) is 3.05. The van der Waals surface area contributed by atoms with E-state index >= 15 is 0 Å². The van der Waals surface area contributed by atoms with Crippen molar-refractivity contribution in [2.45, 2.75) is 44.7 Å². The molecule has 0 fully saturated rings. The van der Waals surface area contributed by atoms with Gasteiger partial charge in [0.25, 0.3) is 0 Å². The lowest BCUT2D eigenvalue weighted by molar-refractivity contribution is -0.136. The molecule has 1 aliphatic rings. The number of thiazole rings is 1. The smallest absolute Gasteiger partial charge is 0.247 e. The van der Waals surface area contributed by atoms with Crippen molar-refractivity contribution in [3.63, 3.8) is 0 Å². The number of rotatable bonds is 4. The lowest BCUT2D eigenvalue weighted by Crippen LogP contribution is -2.49. The van der Waals surface area contributed by atoms with Crippen LogP contribution in [0.25, 0.3) is 0 Å². The third-order valence-corrected chi connectivity index (χ3v) is 5.57. The zero-order valence-corrected chi connectivity index (χ0v) is 17.0. The Morgan fingerprint density at radius 3 is 2.52 bits per heavy atom. The maximum absolute atomic E-state index is 12.8. The fraction of sp³-hybridized carbons (Fsp3) is 0.444. The minimum Gasteiger partial charge on any atom is -0.337 e. The van der Waals surface area contributed by atoms with Gasteiger partial charge >= 0.3 is 0 Å². The summed E-state index contributed by atoms with van der Waals surface area (Å²) in [5.74, 6) is -0.0862. The molecule has 0 saturated carbocycles. The summed E-state index contributed by atoms with van der Waals surface area (Å²) >= 11 is 1.74. The highest BCUT2D eigenvalue weighted by atomic mass is 35.5. The molecule has 1 aromatic carbocycles. The number of carbonyl (C=O) groups excluding carboxylic acids is 1. The molecule has 2 N–H and O–H groups in total. The molecule has 7 heteroatoms. The Kier molecular flexibility index (Phi) is 7.88. The number of fused-ring (bicyclic) bond motifs is 1. The van der Waals surface area contributed by atoms with Crippen molar-refractivity contribution in [3.8, 4) is 0 Å². The van der Waals surface area contributed by atoms with Gasteiger partial charge in [0.15, 0.2) is 0 Å². The minimum atomic E-state index is -1.02. The third kappa shape index (κ3) is 4.73. The highest BCUT2D eigenvalue weighted by Crippen LogP contribution is 2.28. The van der Waals surface area contributed by atoms with Gasteiger partial charge in [-0.3, -0.25) is 4.79 Å². The summed E-state index contributed by atoms with van der Waals surface area (Å²) in [5, 5.41) is 1.01. The van der Waals surface area contributed by atoms with Crippen molar-refractivity contribution in [1.29, 1.82) is 0 Å². The van der Waals surface area contributed by atoms with E-state index in [0.717, 1.165) is 23.4 Å². The SMILES string of the molecule is CN(Cc1nc2c(s1)CCCC2)C(=O)C(C)(N)c1ccccc1.Cl.Cl. The number of halogens is 2. The zero-order chi connectivity index (χ0) is 16.4. The van der Waals surface area contributed by atoms with E-state index in [1.165, 1.54) is 23.4 Å². The second-order valence-corrected chi connectivity index (χ2v) is 7.58. The highest BCUT2D eigenvalue weighted by molar-refractivity contribution is 7.11. The predicted molar refractivity (Wildman–Crippen MR) is 108 cm³/mol. The summed E-state index contributed by atoms with van der Waals surface area (Å²) in [5.41, 5.74) is 7.37. The van der Waals surface area contributed by atoms with Crippen LogP contribution < -0.4 is 5.73 Å². The Balaban J connectivity index is 0.00000156. The minimum absolute atomic E-state index is 0. The zero-order valence-electron chi connectivity index (χ0n) is 14.5. The summed E-state index contributed by atoms with van der Waals surface area (Å²) in [6.07, 6.45) is 4.67. The van der Waals surface area contributed by atoms with Crippen LogP contribution in [0.15, 0.2) is 30.3 Å². The first-order valence-electron chi connectivity index (χ1n) is 8.06. The van der Waals surface area contributed by atoms with Crippen LogP contribution in [-0.2, 0) is 29.7 Å². The number of benzene rings is 1. The van der Waals surface area contributed by atoms with Crippen LogP contribution in [0.2, 0.25) is 0 Å². The molecule has 0 spiro atoms. The maximum Gasteiger partial charge on any atom is 0.247 e. The van der Waals surface area contributed by atoms with Gasteiger partial charge in [-0.15, -0.1) is 36.2 Å². The van der Waals surface area contributed by atoms with Gasteiger partial charge < -0.3 is 10.6 Å². The molecule has 0 saturated heterocycles. The van der Waals surface area contributed by atoms with Crippen molar-refractivity contribution in [1.82, 2.24) is 9.88 Å². The Hall–Kier alpha value is -1.14. The Bertz CT molecular complexity index is 680. The molecular weight excluding hydrogens is 377 g/mol. The molecule has 1 atom stereocenters. The maximum atomic E-state index is 12.8. The number of nitrogens with zero attached hydrogens (tertiary/aromatic N) is 2. The van der Waals surface area contributed by atoms with Crippen molar-refractivity contribution in [2.75, 3.05) is 7.05 Å². The number of likely N-dealkylation sites (N-methyl/N-ethyl adjacent to an activating group) is 1. The summed E-state index contributed by atoms with van der Waals surface area (Å²) in [4.78, 5) is 20.6. The first kappa shape index (κ1) is 21.9. The van der Waals surface area contributed by atoms with Crippen LogP contribution in [0.3, 0.4) is 0 Å². The molecule has 0 aliphatic heterocycles. The van der Waals surface area contributed by atoms with Crippen molar-refractivity contribution >= 4 is 42.1 Å². The van der Waals surface area contributed by atoms with Gasteiger partial charge in [-0.1, -0.05) is 30.3 Å². The Labute approximate surface area is 165 Å². The Morgan fingerprint density at radius 2 is 1.88 bits per heavy atom. The van der Waals surface area contributed by atoms with E-state index in [4.69, 9.17) is 10.7 Å². The molecule has 4 nitrogen and oxygen atoms in total. The van der Waals surface area contributed by atoms with Crippen LogP contribution in [0.1, 0.15) is 40.9 Å². The van der Waals surface area contributed by atoms with E-state index in [-0.39, 0.29) is 30.7 Å². The second-order valence-electron chi connectivity index (χ2n) is 6.41. The number of amides is 1. The molecule has 1 amide bonds. The molecular formula is C18H25Cl2N3OS.